The quantitative estimate of drug-likeness (QED) is 0.891. The minimum Gasteiger partial charge on any atom is -0.383 e. The molecule has 3 nitrogen and oxygen atoms in total. The second-order valence-electron chi connectivity index (χ2n) is 4.00. The maximum atomic E-state index is 6.05. The average molecular weight is 251 g/mol. The van der Waals surface area contributed by atoms with Gasteiger partial charge >= 0.3 is 0 Å². The minimum atomic E-state index is 0.674. The SMILES string of the molecule is CSCc1nc(N)c2c3c(sc2n1)CCC3. The first-order valence-corrected chi connectivity index (χ1v) is 7.56. The summed E-state index contributed by atoms with van der Waals surface area (Å²) < 4.78 is 0. The highest BCUT2D eigenvalue weighted by Gasteiger charge is 2.21. The lowest BCUT2D eigenvalue weighted by molar-refractivity contribution is 0.917. The number of hydrogen-bond acceptors (Lipinski definition) is 5. The average Bonchev–Trinajstić information content (AvgIpc) is 2.76. The molecule has 0 bridgehead atoms. The zero-order valence-corrected chi connectivity index (χ0v) is 10.7. The zero-order chi connectivity index (χ0) is 11.1. The van der Waals surface area contributed by atoms with E-state index in [4.69, 9.17) is 5.73 Å². The molecule has 0 radical (unpaired) electrons. The van der Waals surface area contributed by atoms with Gasteiger partial charge in [0, 0.05) is 4.88 Å². The molecule has 1 aliphatic carbocycles. The second kappa shape index (κ2) is 3.89. The molecule has 2 heterocycles. The summed E-state index contributed by atoms with van der Waals surface area (Å²) in [6.07, 6.45) is 5.64. The third kappa shape index (κ3) is 1.50. The van der Waals surface area contributed by atoms with E-state index in [9.17, 15) is 0 Å². The molecule has 0 aliphatic heterocycles. The number of aromatic nitrogens is 2. The van der Waals surface area contributed by atoms with Gasteiger partial charge in [0.15, 0.2) is 0 Å². The Morgan fingerprint density at radius 1 is 1.38 bits per heavy atom. The Morgan fingerprint density at radius 3 is 3.06 bits per heavy atom. The van der Waals surface area contributed by atoms with Crippen LogP contribution in [0.15, 0.2) is 0 Å². The van der Waals surface area contributed by atoms with Gasteiger partial charge in [-0.25, -0.2) is 9.97 Å². The normalized spacial score (nSPS) is 14.6. The maximum Gasteiger partial charge on any atom is 0.142 e. The molecule has 5 heteroatoms. The smallest absolute Gasteiger partial charge is 0.142 e. The van der Waals surface area contributed by atoms with E-state index >= 15 is 0 Å². The maximum absolute atomic E-state index is 6.05. The molecular weight excluding hydrogens is 238 g/mol. The molecule has 0 saturated carbocycles. The minimum absolute atomic E-state index is 0.674. The summed E-state index contributed by atoms with van der Waals surface area (Å²) >= 11 is 3.53. The molecule has 0 atom stereocenters. The Hall–Kier alpha value is -0.810. The number of nitrogen functional groups attached to an aromatic ring is 1. The van der Waals surface area contributed by atoms with E-state index in [1.165, 1.54) is 23.3 Å². The number of rotatable bonds is 2. The predicted molar refractivity (Wildman–Crippen MR) is 71.1 cm³/mol. The van der Waals surface area contributed by atoms with E-state index in [-0.39, 0.29) is 0 Å². The molecule has 2 N–H and O–H groups in total. The van der Waals surface area contributed by atoms with Crippen LogP contribution in [0.1, 0.15) is 22.7 Å². The van der Waals surface area contributed by atoms with E-state index in [2.05, 4.69) is 16.2 Å². The Bertz CT molecular complexity index is 548. The van der Waals surface area contributed by atoms with E-state index in [1.807, 2.05) is 0 Å². The third-order valence-electron chi connectivity index (χ3n) is 2.91. The van der Waals surface area contributed by atoms with Gasteiger partial charge < -0.3 is 5.73 Å². The number of nitrogens with two attached hydrogens (primary N) is 1. The Labute approximate surface area is 102 Å². The topological polar surface area (TPSA) is 51.8 Å². The monoisotopic (exact) mass is 251 g/mol. The summed E-state index contributed by atoms with van der Waals surface area (Å²) in [5, 5.41) is 1.13. The van der Waals surface area contributed by atoms with Gasteiger partial charge in [-0.1, -0.05) is 0 Å². The Balaban J connectivity index is 2.22. The standard InChI is InChI=1S/C11H13N3S2/c1-15-5-8-13-10(12)9-6-3-2-4-7(6)16-11(9)14-8/h2-5H2,1H3,(H2,12,13,14). The highest BCUT2D eigenvalue weighted by Crippen LogP contribution is 2.38. The van der Waals surface area contributed by atoms with Gasteiger partial charge in [0.05, 0.1) is 11.1 Å². The summed E-state index contributed by atoms with van der Waals surface area (Å²) in [7, 11) is 0. The highest BCUT2D eigenvalue weighted by molar-refractivity contribution is 7.97. The van der Waals surface area contributed by atoms with Gasteiger partial charge in [-0.2, -0.15) is 11.8 Å². The molecule has 3 rings (SSSR count). The molecule has 0 amide bonds. The first kappa shape index (κ1) is 10.4. The van der Waals surface area contributed by atoms with Crippen molar-refractivity contribution in [2.75, 3.05) is 12.0 Å². The number of fused-ring (bicyclic) bond motifs is 3. The van der Waals surface area contributed by atoms with Crippen molar-refractivity contribution in [3.05, 3.63) is 16.3 Å². The summed E-state index contributed by atoms with van der Waals surface area (Å²) in [6.45, 7) is 0. The summed E-state index contributed by atoms with van der Waals surface area (Å²) in [4.78, 5) is 11.5. The molecule has 0 unspecified atom stereocenters. The van der Waals surface area contributed by atoms with Crippen LogP contribution in [0.5, 0.6) is 0 Å². The highest BCUT2D eigenvalue weighted by atomic mass is 32.2. The van der Waals surface area contributed by atoms with Crippen molar-refractivity contribution in [3.63, 3.8) is 0 Å². The number of nitrogens with zero attached hydrogens (tertiary/aromatic N) is 2. The van der Waals surface area contributed by atoms with Crippen LogP contribution in [-0.2, 0) is 18.6 Å². The van der Waals surface area contributed by atoms with Crippen LogP contribution in [0.3, 0.4) is 0 Å². The third-order valence-corrected chi connectivity index (χ3v) is 4.64. The molecule has 0 saturated heterocycles. The van der Waals surface area contributed by atoms with Crippen molar-refractivity contribution >= 4 is 39.1 Å². The van der Waals surface area contributed by atoms with Crippen LogP contribution in [0.2, 0.25) is 0 Å². The van der Waals surface area contributed by atoms with Crippen molar-refractivity contribution in [3.8, 4) is 0 Å². The molecule has 2 aromatic rings. The van der Waals surface area contributed by atoms with E-state index in [0.717, 1.165) is 28.2 Å². The number of thiophene rings is 1. The lowest BCUT2D eigenvalue weighted by Gasteiger charge is -2.02. The van der Waals surface area contributed by atoms with Crippen LogP contribution in [0.25, 0.3) is 10.2 Å². The van der Waals surface area contributed by atoms with Crippen LogP contribution < -0.4 is 5.73 Å². The van der Waals surface area contributed by atoms with Gasteiger partial charge in [-0.15, -0.1) is 11.3 Å². The van der Waals surface area contributed by atoms with Crippen LogP contribution in [0.4, 0.5) is 5.82 Å². The van der Waals surface area contributed by atoms with Gasteiger partial charge in [0.25, 0.3) is 0 Å². The lowest BCUT2D eigenvalue weighted by Crippen LogP contribution is -1.99. The fraction of sp³-hybridized carbons (Fsp3) is 0.455. The second-order valence-corrected chi connectivity index (χ2v) is 5.95. The van der Waals surface area contributed by atoms with Crippen LogP contribution in [-0.4, -0.2) is 16.2 Å². The molecule has 0 aromatic carbocycles. The van der Waals surface area contributed by atoms with Crippen molar-refractivity contribution in [2.45, 2.75) is 25.0 Å². The number of aryl methyl sites for hydroxylation is 2. The van der Waals surface area contributed by atoms with E-state index in [1.54, 1.807) is 23.1 Å². The summed E-state index contributed by atoms with van der Waals surface area (Å²) in [5.74, 6) is 2.37. The van der Waals surface area contributed by atoms with Crippen molar-refractivity contribution in [1.82, 2.24) is 9.97 Å². The molecule has 0 spiro atoms. The first-order chi connectivity index (χ1) is 7.79. The number of thioether (sulfide) groups is 1. The van der Waals surface area contributed by atoms with Gasteiger partial charge in [0.1, 0.15) is 16.5 Å². The van der Waals surface area contributed by atoms with Gasteiger partial charge in [-0.3, -0.25) is 0 Å². The van der Waals surface area contributed by atoms with E-state index < -0.39 is 0 Å². The Morgan fingerprint density at radius 2 is 2.25 bits per heavy atom. The Kier molecular flexibility index (Phi) is 2.52. The van der Waals surface area contributed by atoms with Gasteiger partial charge in [0.2, 0.25) is 0 Å². The first-order valence-electron chi connectivity index (χ1n) is 5.35. The molecule has 1 aliphatic rings. The van der Waals surface area contributed by atoms with Crippen LogP contribution in [0, 0.1) is 0 Å². The molecule has 84 valence electrons. The van der Waals surface area contributed by atoms with Crippen LogP contribution >= 0.6 is 23.1 Å². The number of hydrogen-bond donors (Lipinski definition) is 1. The molecular formula is C11H13N3S2. The lowest BCUT2D eigenvalue weighted by atomic mass is 10.2. The zero-order valence-electron chi connectivity index (χ0n) is 9.12. The molecule has 16 heavy (non-hydrogen) atoms. The van der Waals surface area contributed by atoms with E-state index in [0.29, 0.717) is 5.82 Å². The summed E-state index contributed by atoms with van der Waals surface area (Å²) in [5.41, 5.74) is 7.46. The fourth-order valence-electron chi connectivity index (χ4n) is 2.26. The van der Waals surface area contributed by atoms with Gasteiger partial charge in [-0.05, 0) is 31.1 Å². The summed E-state index contributed by atoms with van der Waals surface area (Å²) in [6, 6.07) is 0. The fourth-order valence-corrected chi connectivity index (χ4v) is 3.94. The number of anilines is 1. The predicted octanol–water partition coefficient (Wildman–Crippen LogP) is 2.63. The molecule has 2 aromatic heterocycles. The largest absolute Gasteiger partial charge is 0.383 e. The molecule has 0 fully saturated rings. The van der Waals surface area contributed by atoms with Crippen molar-refractivity contribution in [2.24, 2.45) is 0 Å². The van der Waals surface area contributed by atoms with Crippen molar-refractivity contribution < 1.29 is 0 Å². The van der Waals surface area contributed by atoms with Crippen molar-refractivity contribution in [1.29, 1.82) is 0 Å².